The van der Waals surface area contributed by atoms with Gasteiger partial charge in [-0.05, 0) is 26.0 Å². The highest BCUT2D eigenvalue weighted by Gasteiger charge is 2.11. The topological polar surface area (TPSA) is 88.3 Å². The first kappa shape index (κ1) is 17.0. The third kappa shape index (κ3) is 5.11. The second kappa shape index (κ2) is 8.31. The Balaban J connectivity index is 2.47. The van der Waals surface area contributed by atoms with Crippen molar-refractivity contribution in [3.63, 3.8) is 0 Å². The molecule has 0 radical (unpaired) electrons. The van der Waals surface area contributed by atoms with Gasteiger partial charge in [-0.1, -0.05) is 12.2 Å². The standard InChI is InChI=1S/C14H20N4O2S/c1-3-18(4-2)12(19)7-8-16-14(20)11-6-5-10(9-17-11)13(15)21/h5-6,9H,3-4,7-8H2,1-2H3,(H2,15,21)(H,16,20). The largest absolute Gasteiger partial charge is 0.389 e. The van der Waals surface area contributed by atoms with Crippen molar-refractivity contribution in [3.8, 4) is 0 Å². The average molecular weight is 308 g/mol. The van der Waals surface area contributed by atoms with Gasteiger partial charge in [-0.25, -0.2) is 0 Å². The van der Waals surface area contributed by atoms with E-state index in [2.05, 4.69) is 10.3 Å². The van der Waals surface area contributed by atoms with Crippen molar-refractivity contribution < 1.29 is 9.59 Å². The molecule has 7 heteroatoms. The van der Waals surface area contributed by atoms with Gasteiger partial charge >= 0.3 is 0 Å². The Morgan fingerprint density at radius 2 is 2.00 bits per heavy atom. The molecule has 2 amide bonds. The predicted octanol–water partition coefficient (Wildman–Crippen LogP) is 0.704. The number of pyridine rings is 1. The van der Waals surface area contributed by atoms with Crippen LogP contribution in [-0.4, -0.2) is 46.3 Å². The molecule has 0 aliphatic rings. The van der Waals surface area contributed by atoms with Gasteiger partial charge in [0.1, 0.15) is 10.7 Å². The molecular formula is C14H20N4O2S. The van der Waals surface area contributed by atoms with Crippen LogP contribution in [0, 0.1) is 0 Å². The van der Waals surface area contributed by atoms with Gasteiger partial charge < -0.3 is 16.0 Å². The van der Waals surface area contributed by atoms with Crippen LogP contribution in [0.1, 0.15) is 36.3 Å². The fraction of sp³-hybridized carbons (Fsp3) is 0.429. The number of amides is 2. The second-order valence-corrected chi connectivity index (χ2v) is 4.81. The van der Waals surface area contributed by atoms with Crippen LogP contribution in [0.15, 0.2) is 18.3 Å². The van der Waals surface area contributed by atoms with E-state index in [4.69, 9.17) is 18.0 Å². The molecule has 3 N–H and O–H groups in total. The number of nitrogens with one attached hydrogen (secondary N) is 1. The number of carbonyl (C=O) groups excluding carboxylic acids is 2. The molecule has 0 saturated carbocycles. The predicted molar refractivity (Wildman–Crippen MR) is 85.0 cm³/mol. The van der Waals surface area contributed by atoms with Crippen molar-refractivity contribution in [1.29, 1.82) is 0 Å². The van der Waals surface area contributed by atoms with Crippen molar-refractivity contribution in [2.45, 2.75) is 20.3 Å². The lowest BCUT2D eigenvalue weighted by atomic mass is 10.2. The minimum absolute atomic E-state index is 0.0251. The first-order valence-electron chi connectivity index (χ1n) is 6.81. The second-order valence-electron chi connectivity index (χ2n) is 4.37. The van der Waals surface area contributed by atoms with Crippen molar-refractivity contribution in [2.24, 2.45) is 5.73 Å². The van der Waals surface area contributed by atoms with Gasteiger partial charge in [-0.2, -0.15) is 0 Å². The number of thiocarbonyl (C=S) groups is 1. The summed E-state index contributed by atoms with van der Waals surface area (Å²) in [6.45, 7) is 5.48. The van der Waals surface area contributed by atoms with Gasteiger partial charge in [0.05, 0.1) is 0 Å². The van der Waals surface area contributed by atoms with E-state index in [9.17, 15) is 9.59 Å². The highest BCUT2D eigenvalue weighted by Crippen LogP contribution is 2.00. The smallest absolute Gasteiger partial charge is 0.269 e. The number of nitrogens with zero attached hydrogens (tertiary/aromatic N) is 2. The van der Waals surface area contributed by atoms with Crippen LogP contribution in [0.25, 0.3) is 0 Å². The maximum atomic E-state index is 11.9. The van der Waals surface area contributed by atoms with Crippen LogP contribution >= 0.6 is 12.2 Å². The molecule has 6 nitrogen and oxygen atoms in total. The number of carbonyl (C=O) groups is 2. The lowest BCUT2D eigenvalue weighted by molar-refractivity contribution is -0.130. The third-order valence-corrected chi connectivity index (χ3v) is 3.26. The van der Waals surface area contributed by atoms with Gasteiger partial charge in [0.25, 0.3) is 5.91 Å². The monoisotopic (exact) mass is 308 g/mol. The van der Waals surface area contributed by atoms with Gasteiger partial charge in [-0.15, -0.1) is 0 Å². The number of hydrogen-bond donors (Lipinski definition) is 2. The van der Waals surface area contributed by atoms with E-state index in [-0.39, 0.29) is 35.5 Å². The maximum absolute atomic E-state index is 11.9. The van der Waals surface area contributed by atoms with Crippen molar-refractivity contribution >= 4 is 29.0 Å². The first-order chi connectivity index (χ1) is 9.99. The molecule has 0 aliphatic carbocycles. The molecule has 0 bridgehead atoms. The van der Waals surface area contributed by atoms with Gasteiger partial charge in [0.2, 0.25) is 5.91 Å². The molecule has 1 aromatic rings. The van der Waals surface area contributed by atoms with E-state index in [0.717, 1.165) is 0 Å². The lowest BCUT2D eigenvalue weighted by Gasteiger charge is -2.18. The summed E-state index contributed by atoms with van der Waals surface area (Å²) >= 11 is 4.81. The zero-order valence-electron chi connectivity index (χ0n) is 12.3. The Morgan fingerprint density at radius 1 is 1.33 bits per heavy atom. The molecule has 0 aliphatic heterocycles. The van der Waals surface area contributed by atoms with E-state index < -0.39 is 0 Å². The van der Waals surface area contributed by atoms with Crippen LogP contribution in [0.4, 0.5) is 0 Å². The van der Waals surface area contributed by atoms with E-state index in [1.54, 1.807) is 17.0 Å². The Labute approximate surface area is 129 Å². The molecule has 0 fully saturated rings. The normalized spacial score (nSPS) is 10.0. The maximum Gasteiger partial charge on any atom is 0.269 e. The fourth-order valence-corrected chi connectivity index (χ4v) is 1.90. The molecule has 1 heterocycles. The Hall–Kier alpha value is -2.02. The zero-order valence-corrected chi connectivity index (χ0v) is 13.1. The summed E-state index contributed by atoms with van der Waals surface area (Å²) < 4.78 is 0. The summed E-state index contributed by atoms with van der Waals surface area (Å²) in [6, 6.07) is 3.20. The van der Waals surface area contributed by atoms with E-state index in [1.807, 2.05) is 13.8 Å². The molecule has 0 spiro atoms. The molecular weight excluding hydrogens is 288 g/mol. The van der Waals surface area contributed by atoms with Crippen LogP contribution in [0.3, 0.4) is 0 Å². The molecule has 0 atom stereocenters. The lowest BCUT2D eigenvalue weighted by Crippen LogP contribution is -2.34. The molecule has 0 saturated heterocycles. The van der Waals surface area contributed by atoms with E-state index in [1.165, 1.54) is 6.20 Å². The van der Waals surface area contributed by atoms with Crippen LogP contribution in [-0.2, 0) is 4.79 Å². The Morgan fingerprint density at radius 3 is 2.48 bits per heavy atom. The fourth-order valence-electron chi connectivity index (χ4n) is 1.78. The van der Waals surface area contributed by atoms with Gasteiger partial charge in [0, 0.05) is 37.8 Å². The molecule has 1 aromatic heterocycles. The van der Waals surface area contributed by atoms with Gasteiger partial charge in [0.15, 0.2) is 0 Å². The highest BCUT2D eigenvalue weighted by molar-refractivity contribution is 7.80. The zero-order chi connectivity index (χ0) is 15.8. The summed E-state index contributed by atoms with van der Waals surface area (Å²) in [6.07, 6.45) is 1.73. The number of nitrogens with two attached hydrogens (primary N) is 1. The van der Waals surface area contributed by atoms with Gasteiger partial charge in [-0.3, -0.25) is 14.6 Å². The van der Waals surface area contributed by atoms with Crippen molar-refractivity contribution in [1.82, 2.24) is 15.2 Å². The van der Waals surface area contributed by atoms with Crippen LogP contribution in [0.5, 0.6) is 0 Å². The molecule has 0 aromatic carbocycles. The number of hydrogen-bond acceptors (Lipinski definition) is 4. The molecule has 114 valence electrons. The summed E-state index contributed by atoms with van der Waals surface area (Å²) in [4.78, 5) is 29.6. The number of aromatic nitrogens is 1. The minimum atomic E-state index is -0.322. The SMILES string of the molecule is CCN(CC)C(=O)CCNC(=O)c1ccc(C(N)=S)cn1. The highest BCUT2D eigenvalue weighted by atomic mass is 32.1. The molecule has 1 rings (SSSR count). The van der Waals surface area contributed by atoms with E-state index in [0.29, 0.717) is 18.7 Å². The molecule has 0 unspecified atom stereocenters. The summed E-state index contributed by atoms with van der Waals surface area (Å²) in [5.41, 5.74) is 6.34. The summed E-state index contributed by atoms with van der Waals surface area (Å²) in [5, 5.41) is 2.67. The van der Waals surface area contributed by atoms with Crippen molar-refractivity contribution in [2.75, 3.05) is 19.6 Å². The quantitative estimate of drug-likeness (QED) is 0.724. The van der Waals surface area contributed by atoms with Crippen molar-refractivity contribution in [3.05, 3.63) is 29.6 Å². The van der Waals surface area contributed by atoms with E-state index >= 15 is 0 Å². The van der Waals surface area contributed by atoms with Crippen LogP contribution in [0.2, 0.25) is 0 Å². The Kier molecular flexibility index (Phi) is 6.74. The summed E-state index contributed by atoms with van der Waals surface area (Å²) in [7, 11) is 0. The number of rotatable bonds is 7. The minimum Gasteiger partial charge on any atom is -0.389 e. The average Bonchev–Trinajstić information content (AvgIpc) is 2.48. The molecule has 21 heavy (non-hydrogen) atoms. The third-order valence-electron chi connectivity index (χ3n) is 3.02. The van der Waals surface area contributed by atoms with Crippen LogP contribution < -0.4 is 11.1 Å². The Bertz CT molecular complexity index is 512. The summed E-state index contributed by atoms with van der Waals surface area (Å²) in [5.74, 6) is -0.297. The first-order valence-corrected chi connectivity index (χ1v) is 7.22.